The first-order chi connectivity index (χ1) is 33.2. The van der Waals surface area contributed by atoms with Crippen LogP contribution in [0.15, 0.2) is 242 Å². The first-order valence-corrected chi connectivity index (χ1v) is 20.5. The third-order valence-corrected chi connectivity index (χ3v) is 12.3. The van der Waals surface area contributed by atoms with Gasteiger partial charge in [0.2, 0.25) is 0 Å². The maximum absolute atomic E-state index is 10.0. The van der Waals surface area contributed by atoms with E-state index in [0.717, 1.165) is 83.5 Å². The molecule has 0 amide bonds. The Hall–Kier alpha value is -7.94. The van der Waals surface area contributed by atoms with Crippen LogP contribution in [0.3, 0.4) is 0 Å². The normalized spacial score (nSPS) is 15.9. The number of para-hydroxylation sites is 4. The minimum Gasteiger partial charge on any atom is -0.310 e. The number of anilines is 3. The molecule has 1 heterocycles. The second-order valence-electron chi connectivity index (χ2n) is 15.5. The largest absolute Gasteiger partial charge is 0.310 e. The molecule has 0 saturated heterocycles. The van der Waals surface area contributed by atoms with Crippen molar-refractivity contribution in [2.24, 2.45) is 0 Å². The average Bonchev–Trinajstić information content (AvgIpc) is 3.87. The smallest absolute Gasteiger partial charge is 0.0719 e. The fourth-order valence-corrected chi connectivity index (χ4v) is 9.83. The maximum Gasteiger partial charge on any atom is 0.0719 e. The molecule has 0 saturated carbocycles. The van der Waals surface area contributed by atoms with Crippen molar-refractivity contribution in [3.63, 3.8) is 0 Å². The van der Waals surface area contributed by atoms with E-state index >= 15 is 0 Å². The minimum absolute atomic E-state index is 0.0586. The van der Waals surface area contributed by atoms with Crippen molar-refractivity contribution in [3.8, 4) is 27.9 Å². The van der Waals surface area contributed by atoms with Crippen LogP contribution in [0.5, 0.6) is 0 Å². The summed E-state index contributed by atoms with van der Waals surface area (Å²) in [5.41, 5.74) is 10.8. The Morgan fingerprint density at radius 1 is 0.410 bits per heavy atom. The molecule has 1 aliphatic carbocycles. The molecule has 0 radical (unpaired) electrons. The Bertz CT molecular complexity index is 3830. The molecule has 12 rings (SSSR count). The number of fused-ring (bicyclic) bond motifs is 7. The highest BCUT2D eigenvalue weighted by molar-refractivity contribution is 6.10. The van der Waals surface area contributed by atoms with Crippen molar-refractivity contribution < 1.29 is 9.60 Å². The SMILES string of the molecule is [2H]c1c([2H])c([2H])c2c(C3(c4ccc5c(c4)c4ccccc4n5-c4ccccc4)c4ccccc4-c4cc(N(c5ccccc5)c5ccccc5-c5ccccc5)ccc43)c([2H])c([2H])c([2H])c2c1[2H]. The quantitative estimate of drug-likeness (QED) is 0.156. The summed E-state index contributed by atoms with van der Waals surface area (Å²) in [4.78, 5) is 2.26. The van der Waals surface area contributed by atoms with Crippen molar-refractivity contribution >= 4 is 49.6 Å². The van der Waals surface area contributed by atoms with Crippen LogP contribution in [-0.2, 0) is 5.41 Å². The summed E-state index contributed by atoms with van der Waals surface area (Å²) in [6.45, 7) is 0. The number of aromatic nitrogens is 1. The Kier molecular flexibility index (Phi) is 6.59. The molecule has 61 heavy (non-hydrogen) atoms. The first-order valence-electron chi connectivity index (χ1n) is 24.0. The van der Waals surface area contributed by atoms with Crippen LogP contribution in [0.2, 0.25) is 0 Å². The van der Waals surface area contributed by atoms with Crippen molar-refractivity contribution in [3.05, 3.63) is 265 Å². The van der Waals surface area contributed by atoms with Crippen molar-refractivity contribution in [1.82, 2.24) is 4.57 Å². The average molecular weight is 784 g/mol. The second kappa shape index (κ2) is 14.1. The molecule has 286 valence electrons. The third kappa shape index (κ3) is 5.36. The number of nitrogens with zero attached hydrogens (tertiary/aromatic N) is 2. The summed E-state index contributed by atoms with van der Waals surface area (Å²) < 4.78 is 67.4. The van der Waals surface area contributed by atoms with Crippen LogP contribution in [0.25, 0.3) is 60.5 Å². The molecule has 1 aromatic heterocycles. The van der Waals surface area contributed by atoms with Gasteiger partial charge >= 0.3 is 0 Å². The number of hydrogen-bond acceptors (Lipinski definition) is 1. The molecule has 1 unspecified atom stereocenters. The maximum atomic E-state index is 10.0. The summed E-state index contributed by atoms with van der Waals surface area (Å²) >= 11 is 0. The van der Waals surface area contributed by atoms with E-state index in [2.05, 4.69) is 119 Å². The zero-order chi connectivity index (χ0) is 46.4. The number of hydrogen-bond donors (Lipinski definition) is 0. The summed E-state index contributed by atoms with van der Waals surface area (Å²) in [7, 11) is 0. The van der Waals surface area contributed by atoms with Crippen LogP contribution in [-0.4, -0.2) is 4.57 Å². The Morgan fingerprint density at radius 2 is 1.07 bits per heavy atom. The van der Waals surface area contributed by atoms with Crippen molar-refractivity contribution in [2.75, 3.05) is 4.90 Å². The van der Waals surface area contributed by atoms with Gasteiger partial charge in [-0.25, -0.2) is 0 Å². The van der Waals surface area contributed by atoms with E-state index in [0.29, 0.717) is 0 Å². The molecule has 1 aliphatic rings. The van der Waals surface area contributed by atoms with Gasteiger partial charge < -0.3 is 9.47 Å². The summed E-state index contributed by atoms with van der Waals surface area (Å²) in [6.07, 6.45) is 0. The number of benzene rings is 10. The molecule has 0 bridgehead atoms. The number of rotatable bonds is 7. The summed E-state index contributed by atoms with van der Waals surface area (Å²) in [5.74, 6) is 0. The Labute approximate surface area is 365 Å². The lowest BCUT2D eigenvalue weighted by Gasteiger charge is -2.35. The lowest BCUT2D eigenvalue weighted by molar-refractivity contribution is 0.778. The van der Waals surface area contributed by atoms with E-state index < -0.39 is 35.6 Å². The molecular weight excluding hydrogens is 737 g/mol. The van der Waals surface area contributed by atoms with E-state index in [1.165, 1.54) is 0 Å². The van der Waals surface area contributed by atoms with Crippen LogP contribution in [0.1, 0.15) is 31.8 Å². The summed E-state index contributed by atoms with van der Waals surface area (Å²) in [6, 6.07) is 65.5. The molecule has 0 aliphatic heterocycles. The van der Waals surface area contributed by atoms with Crippen LogP contribution < -0.4 is 4.90 Å². The second-order valence-corrected chi connectivity index (χ2v) is 15.5. The molecule has 1 atom stereocenters. The monoisotopic (exact) mass is 783 g/mol. The molecule has 2 heteroatoms. The molecule has 0 spiro atoms. The van der Waals surface area contributed by atoms with Gasteiger partial charge in [-0.15, -0.1) is 0 Å². The molecule has 10 aromatic carbocycles. The Balaban J connectivity index is 1.22. The fraction of sp³-hybridized carbons (Fsp3) is 0.0169. The van der Waals surface area contributed by atoms with Gasteiger partial charge in [0.25, 0.3) is 0 Å². The van der Waals surface area contributed by atoms with E-state index in [-0.39, 0.29) is 28.4 Å². The molecule has 0 fully saturated rings. The van der Waals surface area contributed by atoms with Crippen LogP contribution in [0.4, 0.5) is 17.1 Å². The molecular formula is C59H40N2. The van der Waals surface area contributed by atoms with Crippen molar-refractivity contribution in [2.45, 2.75) is 5.41 Å². The zero-order valence-corrected chi connectivity index (χ0v) is 32.9. The summed E-state index contributed by atoms with van der Waals surface area (Å²) in [5, 5.41) is 1.95. The fourth-order valence-electron chi connectivity index (χ4n) is 9.83. The van der Waals surface area contributed by atoms with Gasteiger partial charge in [-0.2, -0.15) is 0 Å². The predicted molar refractivity (Wildman–Crippen MR) is 256 cm³/mol. The molecule has 11 aromatic rings. The van der Waals surface area contributed by atoms with Gasteiger partial charge in [-0.1, -0.05) is 182 Å². The van der Waals surface area contributed by atoms with Gasteiger partial charge in [-0.05, 0) is 110 Å². The van der Waals surface area contributed by atoms with Gasteiger partial charge in [0.15, 0.2) is 0 Å². The predicted octanol–water partition coefficient (Wildman–Crippen LogP) is 15.4. The van der Waals surface area contributed by atoms with Crippen molar-refractivity contribution in [1.29, 1.82) is 0 Å². The molecule has 2 nitrogen and oxygen atoms in total. The van der Waals surface area contributed by atoms with Crippen LogP contribution in [0, 0.1) is 0 Å². The van der Waals surface area contributed by atoms with E-state index in [4.69, 9.17) is 2.74 Å². The zero-order valence-electron chi connectivity index (χ0n) is 39.9. The minimum atomic E-state index is -1.41. The topological polar surface area (TPSA) is 8.17 Å². The standard InChI is InChI=1S/C59H40N2/c1-4-19-42(20-5-1)48-28-13-16-33-56(48)60(44-23-6-2-7-24-44)46-36-37-55-51(40-46)49-29-12-15-31-54(49)59(55,53-32-18-22-41-21-10-11-27-47(41)53)43-35-38-58-52(39-43)50-30-14-17-34-57(50)61(58)45-25-8-3-9-26-45/h1-40H/i10D,11D,18D,21D,22D,27D,32D. The Morgan fingerprint density at radius 3 is 1.92 bits per heavy atom. The third-order valence-electron chi connectivity index (χ3n) is 12.3. The highest BCUT2D eigenvalue weighted by atomic mass is 15.1. The van der Waals surface area contributed by atoms with E-state index in [1.54, 1.807) is 0 Å². The van der Waals surface area contributed by atoms with Crippen LogP contribution >= 0.6 is 0 Å². The lowest BCUT2D eigenvalue weighted by Crippen LogP contribution is -2.29. The van der Waals surface area contributed by atoms with E-state index in [1.807, 2.05) is 91.0 Å². The van der Waals surface area contributed by atoms with Gasteiger partial charge in [-0.3, -0.25) is 0 Å². The highest BCUT2D eigenvalue weighted by Crippen LogP contribution is 2.59. The van der Waals surface area contributed by atoms with E-state index in [9.17, 15) is 6.85 Å². The molecule has 0 N–H and O–H groups in total. The first kappa shape index (κ1) is 28.5. The lowest BCUT2D eigenvalue weighted by atomic mass is 9.66. The highest BCUT2D eigenvalue weighted by Gasteiger charge is 2.47. The van der Waals surface area contributed by atoms with Gasteiger partial charge in [0, 0.05) is 33.4 Å². The van der Waals surface area contributed by atoms with Gasteiger partial charge in [0.05, 0.1) is 31.7 Å². The van der Waals surface area contributed by atoms with Gasteiger partial charge in [0.1, 0.15) is 0 Å².